The van der Waals surface area contributed by atoms with Gasteiger partial charge in [-0.25, -0.2) is 0 Å². The number of carbonyl (C=O) groups excluding carboxylic acids is 2. The van der Waals surface area contributed by atoms with Crippen LogP contribution in [-0.4, -0.2) is 35.9 Å². The summed E-state index contributed by atoms with van der Waals surface area (Å²) in [5.41, 5.74) is 0. The number of ketones is 1. The lowest BCUT2D eigenvalue weighted by Gasteiger charge is -2.13. The van der Waals surface area contributed by atoms with E-state index in [9.17, 15) is 9.59 Å². The van der Waals surface area contributed by atoms with Crippen molar-refractivity contribution in [2.45, 2.75) is 89.6 Å². The van der Waals surface area contributed by atoms with E-state index >= 15 is 0 Å². The van der Waals surface area contributed by atoms with E-state index in [0.717, 1.165) is 56.5 Å². The van der Waals surface area contributed by atoms with Crippen molar-refractivity contribution in [3.8, 4) is 0 Å². The van der Waals surface area contributed by atoms with E-state index in [0.29, 0.717) is 37.1 Å². The van der Waals surface area contributed by atoms with Gasteiger partial charge in [-0.15, -0.1) is 0 Å². The molecule has 1 aliphatic heterocycles. The molecule has 3 N–H and O–H groups in total. The Balaban J connectivity index is 1.89. The molecule has 5 nitrogen and oxygen atoms in total. The van der Waals surface area contributed by atoms with Crippen LogP contribution in [0, 0.1) is 0 Å². The monoisotopic (exact) mass is 355 g/mol. The van der Waals surface area contributed by atoms with Crippen molar-refractivity contribution in [2.75, 3.05) is 7.05 Å². The van der Waals surface area contributed by atoms with Gasteiger partial charge in [-0.3, -0.25) is 9.59 Å². The highest BCUT2D eigenvalue weighted by Crippen LogP contribution is 2.13. The number of thiocarbonyl (C=S) groups is 1. The summed E-state index contributed by atoms with van der Waals surface area (Å²) in [6.07, 6.45) is 10.3. The first kappa shape index (κ1) is 20.9. The van der Waals surface area contributed by atoms with Crippen LogP contribution in [0.1, 0.15) is 77.6 Å². The van der Waals surface area contributed by atoms with Crippen molar-refractivity contribution in [1.29, 1.82) is 0 Å². The van der Waals surface area contributed by atoms with Crippen LogP contribution in [0.4, 0.5) is 0 Å². The Hall–Kier alpha value is -1.17. The van der Waals surface area contributed by atoms with Crippen LogP contribution in [0.25, 0.3) is 0 Å². The van der Waals surface area contributed by atoms with Crippen molar-refractivity contribution < 1.29 is 9.59 Å². The minimum atomic E-state index is 0.103. The molecule has 1 amide bonds. The maximum Gasteiger partial charge on any atom is 0.219 e. The van der Waals surface area contributed by atoms with Gasteiger partial charge in [-0.1, -0.05) is 25.7 Å². The van der Waals surface area contributed by atoms with Crippen LogP contribution in [0.2, 0.25) is 0 Å². The number of hydrogen-bond donors (Lipinski definition) is 3. The molecule has 1 fully saturated rings. The van der Waals surface area contributed by atoms with Crippen LogP contribution in [0.5, 0.6) is 0 Å². The molecular formula is C18H33N3O2S. The molecule has 0 bridgehead atoms. The lowest BCUT2D eigenvalue weighted by molar-refractivity contribution is -0.121. The zero-order valence-electron chi connectivity index (χ0n) is 15.2. The Morgan fingerprint density at radius 1 is 0.958 bits per heavy atom. The first-order chi connectivity index (χ1) is 11.5. The second-order valence-electron chi connectivity index (χ2n) is 6.74. The van der Waals surface area contributed by atoms with Gasteiger partial charge in [0.2, 0.25) is 5.91 Å². The van der Waals surface area contributed by atoms with E-state index in [1.54, 1.807) is 7.05 Å². The molecule has 6 heteroatoms. The van der Waals surface area contributed by atoms with E-state index in [4.69, 9.17) is 12.2 Å². The number of hydrogen-bond acceptors (Lipinski definition) is 3. The predicted octanol–water partition coefficient (Wildman–Crippen LogP) is 2.83. The molecule has 0 aliphatic carbocycles. The molecule has 1 aliphatic rings. The largest absolute Gasteiger partial charge is 0.359 e. The van der Waals surface area contributed by atoms with Crippen LogP contribution in [-0.2, 0) is 9.59 Å². The molecule has 0 unspecified atom stereocenters. The zero-order valence-corrected chi connectivity index (χ0v) is 16.0. The second kappa shape index (κ2) is 12.2. The minimum Gasteiger partial charge on any atom is -0.359 e. The fourth-order valence-corrected chi connectivity index (χ4v) is 3.38. The van der Waals surface area contributed by atoms with Crippen LogP contribution < -0.4 is 16.0 Å². The number of unbranched alkanes of at least 4 members (excludes halogenated alkanes) is 5. The Morgan fingerprint density at radius 3 is 2.08 bits per heavy atom. The number of Topliss-reactive ketones (excluding diaryl/α,β-unsaturated/α-hetero) is 1. The lowest BCUT2D eigenvalue weighted by atomic mass is 10.0. The Morgan fingerprint density at radius 2 is 1.54 bits per heavy atom. The van der Waals surface area contributed by atoms with E-state index in [-0.39, 0.29) is 5.91 Å². The summed E-state index contributed by atoms with van der Waals surface area (Å²) in [6.45, 7) is 2.15. The Bertz CT molecular complexity index is 415. The molecule has 0 aromatic heterocycles. The third-order valence-electron chi connectivity index (χ3n) is 4.64. The van der Waals surface area contributed by atoms with Crippen LogP contribution >= 0.6 is 12.2 Å². The van der Waals surface area contributed by atoms with Crippen molar-refractivity contribution in [3.05, 3.63) is 0 Å². The maximum absolute atomic E-state index is 11.8. The topological polar surface area (TPSA) is 70.2 Å². The summed E-state index contributed by atoms with van der Waals surface area (Å²) in [5.74, 6) is 0.488. The molecule has 24 heavy (non-hydrogen) atoms. The molecular weight excluding hydrogens is 322 g/mol. The van der Waals surface area contributed by atoms with Crippen molar-refractivity contribution in [3.63, 3.8) is 0 Å². The first-order valence-corrected chi connectivity index (χ1v) is 9.73. The minimum absolute atomic E-state index is 0.103. The van der Waals surface area contributed by atoms with E-state index < -0.39 is 0 Å². The van der Waals surface area contributed by atoms with Crippen molar-refractivity contribution in [1.82, 2.24) is 16.0 Å². The second-order valence-corrected chi connectivity index (χ2v) is 7.15. The van der Waals surface area contributed by atoms with Crippen molar-refractivity contribution in [2.24, 2.45) is 0 Å². The average Bonchev–Trinajstić information content (AvgIpc) is 2.87. The van der Waals surface area contributed by atoms with Gasteiger partial charge >= 0.3 is 0 Å². The molecule has 0 aromatic carbocycles. The maximum atomic E-state index is 11.8. The highest BCUT2D eigenvalue weighted by Gasteiger charge is 2.24. The smallest absolute Gasteiger partial charge is 0.219 e. The zero-order chi connectivity index (χ0) is 17.8. The van der Waals surface area contributed by atoms with Crippen LogP contribution in [0.3, 0.4) is 0 Å². The summed E-state index contributed by atoms with van der Waals surface area (Å²) >= 11 is 5.11. The standard InChI is InChI=1S/C18H33N3O2S/c1-14-16(21-18(24)20-14)12-8-5-7-11-15(22)10-6-3-4-9-13-17(23)19-2/h14,16H,3-13H2,1-2H3,(H,19,23)(H2,20,21,24)/t14-,16+/m0/s1. The van der Waals surface area contributed by atoms with Crippen molar-refractivity contribution >= 4 is 29.0 Å². The summed E-state index contributed by atoms with van der Waals surface area (Å²) in [7, 11) is 1.66. The lowest BCUT2D eigenvalue weighted by Crippen LogP contribution is -2.30. The summed E-state index contributed by atoms with van der Waals surface area (Å²) in [5, 5.41) is 9.89. The van der Waals surface area contributed by atoms with Gasteiger partial charge in [0.15, 0.2) is 5.11 Å². The van der Waals surface area contributed by atoms with Gasteiger partial charge < -0.3 is 16.0 Å². The molecule has 0 radical (unpaired) electrons. The molecule has 1 heterocycles. The number of amides is 1. The number of rotatable bonds is 13. The van der Waals surface area contributed by atoms with Gasteiger partial charge in [0, 0.05) is 38.4 Å². The first-order valence-electron chi connectivity index (χ1n) is 9.32. The normalized spacial score (nSPS) is 19.7. The van der Waals surface area contributed by atoms with Gasteiger partial charge in [0.25, 0.3) is 0 Å². The molecule has 0 saturated carbocycles. The Kier molecular flexibility index (Phi) is 10.6. The highest BCUT2D eigenvalue weighted by atomic mass is 32.1. The quantitative estimate of drug-likeness (QED) is 0.350. The van der Waals surface area contributed by atoms with E-state index in [2.05, 4.69) is 22.9 Å². The van der Waals surface area contributed by atoms with Gasteiger partial charge in [-0.05, 0) is 44.8 Å². The SMILES string of the molecule is CNC(=O)CCCCCCC(=O)CCCCC[C@H]1NC(=S)N[C@H]1C. The highest BCUT2D eigenvalue weighted by molar-refractivity contribution is 7.80. The summed E-state index contributed by atoms with van der Waals surface area (Å²) < 4.78 is 0. The molecule has 0 spiro atoms. The van der Waals surface area contributed by atoms with E-state index in [1.165, 1.54) is 0 Å². The van der Waals surface area contributed by atoms with Gasteiger partial charge in [0.05, 0.1) is 0 Å². The molecule has 2 atom stereocenters. The summed E-state index contributed by atoms with van der Waals surface area (Å²) in [6, 6.07) is 0.838. The molecule has 1 rings (SSSR count). The third-order valence-corrected chi connectivity index (χ3v) is 4.87. The average molecular weight is 356 g/mol. The molecule has 1 saturated heterocycles. The third kappa shape index (κ3) is 9.21. The van der Waals surface area contributed by atoms with Crippen LogP contribution in [0.15, 0.2) is 0 Å². The summed E-state index contributed by atoms with van der Waals surface area (Å²) in [4.78, 5) is 22.9. The number of nitrogens with one attached hydrogen (secondary N) is 3. The fourth-order valence-electron chi connectivity index (χ4n) is 3.04. The Labute approximate surface area is 151 Å². The number of carbonyl (C=O) groups is 2. The van der Waals surface area contributed by atoms with Gasteiger partial charge in [0.1, 0.15) is 5.78 Å². The fraction of sp³-hybridized carbons (Fsp3) is 0.833. The van der Waals surface area contributed by atoms with E-state index in [1.807, 2.05) is 0 Å². The molecule has 138 valence electrons. The van der Waals surface area contributed by atoms with Gasteiger partial charge in [-0.2, -0.15) is 0 Å². The predicted molar refractivity (Wildman–Crippen MR) is 102 cm³/mol. The molecule has 0 aromatic rings.